The number of quaternary nitrogens is 1. The molecule has 0 aromatic rings. The van der Waals surface area contributed by atoms with Crippen molar-refractivity contribution in [1.29, 1.82) is 0 Å². The van der Waals surface area contributed by atoms with E-state index in [2.05, 4.69) is 50.3 Å². The molecule has 0 aromatic heterocycles. The van der Waals surface area contributed by atoms with Crippen molar-refractivity contribution in [3.63, 3.8) is 0 Å². The highest BCUT2D eigenvalue weighted by molar-refractivity contribution is 7.47. The van der Waals surface area contributed by atoms with Gasteiger partial charge in [0.1, 0.15) is 19.8 Å². The molecule has 9 nitrogen and oxygen atoms in total. The first-order chi connectivity index (χ1) is 29.0. The van der Waals surface area contributed by atoms with E-state index in [4.69, 9.17) is 18.5 Å². The van der Waals surface area contributed by atoms with Crippen molar-refractivity contribution in [2.45, 2.75) is 225 Å². The van der Waals surface area contributed by atoms with E-state index in [1.54, 1.807) is 0 Å². The van der Waals surface area contributed by atoms with E-state index in [-0.39, 0.29) is 32.0 Å². The maximum Gasteiger partial charge on any atom is 0.472 e. The van der Waals surface area contributed by atoms with Crippen molar-refractivity contribution < 1.29 is 42.1 Å². The van der Waals surface area contributed by atoms with Crippen LogP contribution < -0.4 is 0 Å². The summed E-state index contributed by atoms with van der Waals surface area (Å²) in [6.45, 7) is 4.38. The van der Waals surface area contributed by atoms with Gasteiger partial charge in [-0.05, 0) is 51.4 Å². The van der Waals surface area contributed by atoms with Crippen LogP contribution in [0.5, 0.6) is 0 Å². The Balaban J connectivity index is 4.27. The number of esters is 2. The molecule has 352 valence electrons. The average molecular weight is 869 g/mol. The number of likely N-dealkylation sites (N-methyl/N-ethyl adjacent to an activating group) is 1. The Labute approximate surface area is 370 Å². The third-order valence-corrected chi connectivity index (χ3v) is 11.7. The van der Waals surface area contributed by atoms with E-state index < -0.39 is 26.5 Å². The number of phosphoric ester groups is 1. The number of ether oxygens (including phenoxy) is 2. The molecule has 1 N–H and O–H groups in total. The van der Waals surface area contributed by atoms with Crippen molar-refractivity contribution in [2.24, 2.45) is 0 Å². The van der Waals surface area contributed by atoms with Crippen molar-refractivity contribution in [3.8, 4) is 0 Å². The first-order valence-corrected chi connectivity index (χ1v) is 26.2. The van der Waals surface area contributed by atoms with Crippen LogP contribution in [0.25, 0.3) is 0 Å². The Bertz CT molecular complexity index is 1120. The van der Waals surface area contributed by atoms with Crippen molar-refractivity contribution in [2.75, 3.05) is 47.5 Å². The van der Waals surface area contributed by atoms with Gasteiger partial charge in [-0.2, -0.15) is 0 Å². The third-order valence-electron chi connectivity index (χ3n) is 10.7. The van der Waals surface area contributed by atoms with Gasteiger partial charge >= 0.3 is 19.8 Å². The topological polar surface area (TPSA) is 108 Å². The monoisotopic (exact) mass is 869 g/mol. The molecule has 0 aliphatic carbocycles. The fourth-order valence-corrected chi connectivity index (χ4v) is 7.53. The van der Waals surface area contributed by atoms with Gasteiger partial charge in [0.05, 0.1) is 27.7 Å². The average Bonchev–Trinajstić information content (AvgIpc) is 3.20. The van der Waals surface area contributed by atoms with Crippen LogP contribution in [0.15, 0.2) is 36.5 Å². The van der Waals surface area contributed by atoms with Crippen molar-refractivity contribution in [1.82, 2.24) is 0 Å². The zero-order valence-electron chi connectivity index (χ0n) is 39.7. The van der Waals surface area contributed by atoms with Crippen LogP contribution in [-0.4, -0.2) is 74.9 Å². The molecule has 0 radical (unpaired) electrons. The molecule has 0 amide bonds. The zero-order valence-corrected chi connectivity index (χ0v) is 40.6. The second kappa shape index (κ2) is 42.5. The minimum atomic E-state index is -4.39. The van der Waals surface area contributed by atoms with E-state index in [1.165, 1.54) is 135 Å². The zero-order chi connectivity index (χ0) is 44.3. The summed E-state index contributed by atoms with van der Waals surface area (Å²) < 4.78 is 34.4. The number of rotatable bonds is 45. The van der Waals surface area contributed by atoms with Gasteiger partial charge in [-0.3, -0.25) is 18.6 Å². The summed E-state index contributed by atoms with van der Waals surface area (Å²) in [5.41, 5.74) is 0. The normalized spacial score (nSPS) is 13.8. The van der Waals surface area contributed by atoms with Gasteiger partial charge in [0.15, 0.2) is 6.10 Å². The lowest BCUT2D eigenvalue weighted by atomic mass is 10.0. The van der Waals surface area contributed by atoms with Crippen LogP contribution in [0.4, 0.5) is 0 Å². The fraction of sp³-hybridized carbons (Fsp3) is 0.840. The number of carbonyl (C=O) groups is 2. The van der Waals surface area contributed by atoms with Crippen LogP contribution >= 0.6 is 7.82 Å². The highest BCUT2D eigenvalue weighted by atomic mass is 31.2. The molecule has 0 aromatic carbocycles. The Morgan fingerprint density at radius 2 is 0.900 bits per heavy atom. The van der Waals surface area contributed by atoms with Gasteiger partial charge in [0.2, 0.25) is 0 Å². The van der Waals surface area contributed by atoms with Gasteiger partial charge in [0, 0.05) is 12.8 Å². The van der Waals surface area contributed by atoms with Crippen LogP contribution in [-0.2, 0) is 32.7 Å². The van der Waals surface area contributed by atoms with Gasteiger partial charge in [-0.1, -0.05) is 192 Å². The maximum atomic E-state index is 12.7. The summed E-state index contributed by atoms with van der Waals surface area (Å²) in [6, 6.07) is 0. The second-order valence-corrected chi connectivity index (χ2v) is 19.3. The van der Waals surface area contributed by atoms with Crippen LogP contribution in [0, 0.1) is 0 Å². The number of nitrogens with zero attached hydrogens (tertiary/aromatic N) is 1. The molecule has 0 bridgehead atoms. The summed E-state index contributed by atoms with van der Waals surface area (Å²) in [4.78, 5) is 35.5. The first-order valence-electron chi connectivity index (χ1n) is 24.7. The van der Waals surface area contributed by atoms with E-state index in [1.807, 2.05) is 21.1 Å². The highest BCUT2D eigenvalue weighted by Crippen LogP contribution is 2.43. The van der Waals surface area contributed by atoms with Crippen molar-refractivity contribution in [3.05, 3.63) is 36.5 Å². The lowest BCUT2D eigenvalue weighted by molar-refractivity contribution is -0.870. The summed E-state index contributed by atoms with van der Waals surface area (Å²) in [7, 11) is 1.46. The number of unbranched alkanes of at least 4 members (excludes halogenated alkanes) is 25. The summed E-state index contributed by atoms with van der Waals surface area (Å²) in [5, 5.41) is 0. The molecule has 0 fully saturated rings. The van der Waals surface area contributed by atoms with Gasteiger partial charge < -0.3 is 18.9 Å². The lowest BCUT2D eigenvalue weighted by Gasteiger charge is -2.24. The lowest BCUT2D eigenvalue weighted by Crippen LogP contribution is -2.37. The Kier molecular flexibility index (Phi) is 41.3. The molecular weight excluding hydrogens is 774 g/mol. The highest BCUT2D eigenvalue weighted by Gasteiger charge is 2.27. The molecule has 0 rings (SSSR count). The minimum absolute atomic E-state index is 0.0253. The molecule has 0 saturated heterocycles. The van der Waals surface area contributed by atoms with Gasteiger partial charge in [-0.25, -0.2) is 4.57 Å². The molecule has 0 spiro atoms. The molecule has 0 aliphatic heterocycles. The van der Waals surface area contributed by atoms with Crippen LogP contribution in [0.1, 0.15) is 219 Å². The van der Waals surface area contributed by atoms with Crippen LogP contribution in [0.3, 0.4) is 0 Å². The molecule has 0 heterocycles. The Morgan fingerprint density at radius 3 is 1.37 bits per heavy atom. The standard InChI is InChI=1S/C50H94NO8P/c1-6-8-10-12-14-16-18-20-22-23-24-25-26-27-29-30-32-34-36-38-40-42-49(52)56-46-48(47-58-60(54,55)57-45-44-51(3,4)5)59-50(53)43-41-39-37-35-33-31-28-21-19-17-15-13-11-9-7-2/h15,17,21,28,33,35,48H,6-14,16,18-20,22-27,29-32,34,36-47H2,1-5H3/p+1/b17-15+,28-21+,35-33+/t48-/m0/s1. The molecule has 0 saturated carbocycles. The number of allylic oxidation sites excluding steroid dienone is 6. The number of phosphoric acid groups is 1. The number of hydrogen-bond acceptors (Lipinski definition) is 7. The van der Waals surface area contributed by atoms with E-state index in [0.29, 0.717) is 17.4 Å². The molecule has 2 atom stereocenters. The summed E-state index contributed by atoms with van der Waals surface area (Å²) >= 11 is 0. The predicted molar refractivity (Wildman–Crippen MR) is 252 cm³/mol. The van der Waals surface area contributed by atoms with E-state index in [9.17, 15) is 19.0 Å². The predicted octanol–water partition coefficient (Wildman–Crippen LogP) is 14.5. The smallest absolute Gasteiger partial charge is 0.462 e. The number of carbonyl (C=O) groups excluding carboxylic acids is 2. The van der Waals surface area contributed by atoms with Crippen LogP contribution in [0.2, 0.25) is 0 Å². The van der Waals surface area contributed by atoms with E-state index in [0.717, 1.165) is 51.4 Å². The van der Waals surface area contributed by atoms with Crippen molar-refractivity contribution >= 4 is 19.8 Å². The minimum Gasteiger partial charge on any atom is -0.462 e. The molecule has 10 heteroatoms. The van der Waals surface area contributed by atoms with Gasteiger partial charge in [0.25, 0.3) is 0 Å². The van der Waals surface area contributed by atoms with E-state index >= 15 is 0 Å². The Morgan fingerprint density at radius 1 is 0.517 bits per heavy atom. The first kappa shape index (κ1) is 58.2. The largest absolute Gasteiger partial charge is 0.472 e. The summed E-state index contributed by atoms with van der Waals surface area (Å²) in [5.74, 6) is -0.835. The number of hydrogen-bond donors (Lipinski definition) is 1. The summed E-state index contributed by atoms with van der Waals surface area (Å²) in [6.07, 6.45) is 49.2. The maximum absolute atomic E-state index is 12.7. The fourth-order valence-electron chi connectivity index (χ4n) is 6.79. The second-order valence-electron chi connectivity index (χ2n) is 17.9. The molecule has 1 unspecified atom stereocenters. The molecule has 60 heavy (non-hydrogen) atoms. The molecule has 0 aliphatic rings. The van der Waals surface area contributed by atoms with Gasteiger partial charge in [-0.15, -0.1) is 0 Å². The molecular formula is C50H95NO8P+. The SMILES string of the molecule is CCCCC/C=C/C/C=C/C/C=C/CCCCC(=O)O[C@@H](COC(=O)CCCCCCCCCCCCCCCCCCCCCCC)COP(=O)(O)OCC[N+](C)(C)C. The quantitative estimate of drug-likeness (QED) is 0.0212. The third kappa shape index (κ3) is 45.7. The Hall–Kier alpha value is -1.77.